The van der Waals surface area contributed by atoms with Gasteiger partial charge in [-0.15, -0.1) is 0 Å². The number of aromatic amines is 1. The van der Waals surface area contributed by atoms with E-state index in [1.165, 1.54) is 26.4 Å². The summed E-state index contributed by atoms with van der Waals surface area (Å²) in [5.41, 5.74) is 0.883. The molecule has 0 radical (unpaired) electrons. The van der Waals surface area contributed by atoms with E-state index >= 15 is 0 Å². The van der Waals surface area contributed by atoms with Gasteiger partial charge in [-0.05, 0) is 31.9 Å². The number of likely N-dealkylation sites (tertiary alicyclic amines) is 1. The number of ether oxygens (including phenoxy) is 1. The second-order valence-corrected chi connectivity index (χ2v) is 6.07. The summed E-state index contributed by atoms with van der Waals surface area (Å²) in [6.07, 6.45) is 10.3. The first-order chi connectivity index (χ1) is 11.3. The normalized spacial score (nSPS) is 18.9. The molecular weight excluding hydrogens is 292 g/mol. The monoisotopic (exact) mass is 316 g/mol. The van der Waals surface area contributed by atoms with E-state index in [4.69, 9.17) is 4.74 Å². The lowest BCUT2D eigenvalue weighted by Crippen LogP contribution is -2.39. The largest absolute Gasteiger partial charge is 0.491 e. The fourth-order valence-corrected chi connectivity index (χ4v) is 3.28. The zero-order valence-corrected chi connectivity index (χ0v) is 13.6. The Bertz CT molecular complexity index is 665. The highest BCUT2D eigenvalue weighted by Crippen LogP contribution is 2.22. The van der Waals surface area contributed by atoms with Gasteiger partial charge in [-0.3, -0.25) is 14.4 Å². The summed E-state index contributed by atoms with van der Waals surface area (Å²) >= 11 is 0. The van der Waals surface area contributed by atoms with Gasteiger partial charge in [-0.25, -0.2) is 0 Å². The first-order valence-electron chi connectivity index (χ1n) is 8.23. The van der Waals surface area contributed by atoms with Crippen molar-refractivity contribution in [3.05, 3.63) is 46.6 Å². The zero-order chi connectivity index (χ0) is 16.1. The van der Waals surface area contributed by atoms with Gasteiger partial charge in [0.25, 0.3) is 0 Å². The Kier molecular flexibility index (Phi) is 5.12. The predicted molar refractivity (Wildman–Crippen MR) is 88.5 cm³/mol. The number of nitrogens with zero attached hydrogens (tertiary/aromatic N) is 3. The SMILES string of the molecule is COc1c[nH]c(CN2CCCCC2CCn2cccn2)cc1=O. The maximum Gasteiger partial charge on any atom is 0.223 e. The van der Waals surface area contributed by atoms with Crippen LogP contribution in [0.25, 0.3) is 0 Å². The van der Waals surface area contributed by atoms with Crippen molar-refractivity contribution in [1.29, 1.82) is 0 Å². The molecule has 0 bridgehead atoms. The highest BCUT2D eigenvalue weighted by molar-refractivity contribution is 5.20. The third-order valence-electron chi connectivity index (χ3n) is 4.53. The Hall–Kier alpha value is -2.08. The Morgan fingerprint density at radius 2 is 2.35 bits per heavy atom. The van der Waals surface area contributed by atoms with Crippen LogP contribution in [0.1, 0.15) is 31.4 Å². The van der Waals surface area contributed by atoms with Crippen molar-refractivity contribution in [1.82, 2.24) is 19.7 Å². The summed E-state index contributed by atoms with van der Waals surface area (Å²) in [6, 6.07) is 4.15. The maximum atomic E-state index is 11.9. The van der Waals surface area contributed by atoms with Gasteiger partial charge in [0.2, 0.25) is 5.43 Å². The molecule has 0 aromatic carbocycles. The van der Waals surface area contributed by atoms with E-state index in [0.717, 1.165) is 31.7 Å². The van der Waals surface area contributed by atoms with E-state index in [1.807, 2.05) is 23.1 Å². The van der Waals surface area contributed by atoms with Gasteiger partial charge in [0.05, 0.1) is 7.11 Å². The molecule has 124 valence electrons. The number of aromatic nitrogens is 3. The number of hydrogen-bond acceptors (Lipinski definition) is 4. The lowest BCUT2D eigenvalue weighted by Gasteiger charge is -2.35. The van der Waals surface area contributed by atoms with Gasteiger partial charge in [-0.1, -0.05) is 6.42 Å². The van der Waals surface area contributed by atoms with Crippen molar-refractivity contribution in [2.45, 2.75) is 44.8 Å². The molecule has 1 N–H and O–H groups in total. The lowest BCUT2D eigenvalue weighted by atomic mass is 9.99. The average Bonchev–Trinajstić information content (AvgIpc) is 3.08. The highest BCUT2D eigenvalue weighted by atomic mass is 16.5. The third-order valence-corrected chi connectivity index (χ3v) is 4.53. The van der Waals surface area contributed by atoms with E-state index in [2.05, 4.69) is 15.0 Å². The summed E-state index contributed by atoms with van der Waals surface area (Å²) in [7, 11) is 1.51. The number of hydrogen-bond donors (Lipinski definition) is 1. The number of H-pyrrole nitrogens is 1. The summed E-state index contributed by atoms with van der Waals surface area (Å²) in [5, 5.41) is 4.28. The van der Waals surface area contributed by atoms with E-state index in [0.29, 0.717) is 11.8 Å². The first-order valence-corrected chi connectivity index (χ1v) is 8.23. The Labute approximate surface area is 136 Å². The van der Waals surface area contributed by atoms with Crippen LogP contribution in [0, 0.1) is 0 Å². The van der Waals surface area contributed by atoms with Gasteiger partial charge in [-0.2, -0.15) is 5.10 Å². The van der Waals surface area contributed by atoms with Crippen LogP contribution in [0.4, 0.5) is 0 Å². The smallest absolute Gasteiger partial charge is 0.223 e. The molecule has 1 atom stereocenters. The van der Waals surface area contributed by atoms with E-state index in [1.54, 1.807) is 12.3 Å². The molecule has 1 unspecified atom stereocenters. The molecule has 3 heterocycles. The first kappa shape index (κ1) is 15.8. The number of nitrogens with one attached hydrogen (secondary N) is 1. The quantitative estimate of drug-likeness (QED) is 0.885. The number of aryl methyl sites for hydroxylation is 1. The minimum Gasteiger partial charge on any atom is -0.491 e. The maximum absolute atomic E-state index is 11.9. The molecule has 0 saturated carbocycles. The number of pyridine rings is 1. The van der Waals surface area contributed by atoms with Crippen molar-refractivity contribution in [3.8, 4) is 5.75 Å². The van der Waals surface area contributed by atoms with Crippen molar-refractivity contribution in [2.75, 3.05) is 13.7 Å². The number of methoxy groups -OCH3 is 1. The minimum absolute atomic E-state index is 0.0636. The number of piperidine rings is 1. The fourth-order valence-electron chi connectivity index (χ4n) is 3.28. The molecule has 1 aliphatic rings. The van der Waals surface area contributed by atoms with Crippen LogP contribution in [0.2, 0.25) is 0 Å². The van der Waals surface area contributed by atoms with Crippen molar-refractivity contribution in [3.63, 3.8) is 0 Å². The Morgan fingerprint density at radius 1 is 1.43 bits per heavy atom. The molecule has 6 heteroatoms. The minimum atomic E-state index is -0.0636. The van der Waals surface area contributed by atoms with E-state index in [-0.39, 0.29) is 5.43 Å². The Balaban J connectivity index is 1.64. The van der Waals surface area contributed by atoms with Crippen LogP contribution < -0.4 is 10.2 Å². The molecule has 1 aliphatic heterocycles. The molecule has 23 heavy (non-hydrogen) atoms. The van der Waals surface area contributed by atoms with Crippen LogP contribution in [-0.4, -0.2) is 39.4 Å². The average molecular weight is 316 g/mol. The third kappa shape index (κ3) is 4.01. The molecule has 1 saturated heterocycles. The molecule has 0 aliphatic carbocycles. The highest BCUT2D eigenvalue weighted by Gasteiger charge is 2.22. The van der Waals surface area contributed by atoms with Gasteiger partial charge in [0, 0.05) is 49.5 Å². The second kappa shape index (κ2) is 7.46. The van der Waals surface area contributed by atoms with Crippen LogP contribution >= 0.6 is 0 Å². The molecule has 1 fully saturated rings. The van der Waals surface area contributed by atoms with Crippen LogP contribution in [0.15, 0.2) is 35.5 Å². The molecular formula is C17H24N4O2. The Morgan fingerprint density at radius 3 is 3.09 bits per heavy atom. The lowest BCUT2D eigenvalue weighted by molar-refractivity contribution is 0.125. The summed E-state index contributed by atoms with van der Waals surface area (Å²) < 4.78 is 7.01. The molecule has 3 rings (SSSR count). The molecule has 6 nitrogen and oxygen atoms in total. The predicted octanol–water partition coefficient (Wildman–Crippen LogP) is 2.02. The van der Waals surface area contributed by atoms with Gasteiger partial charge >= 0.3 is 0 Å². The second-order valence-electron chi connectivity index (χ2n) is 6.07. The van der Waals surface area contributed by atoms with Crippen LogP contribution in [0.5, 0.6) is 5.75 Å². The summed E-state index contributed by atoms with van der Waals surface area (Å²) in [5.74, 6) is 0.364. The van der Waals surface area contributed by atoms with Crippen molar-refractivity contribution < 1.29 is 4.74 Å². The van der Waals surface area contributed by atoms with Crippen molar-refractivity contribution >= 4 is 0 Å². The molecule has 0 spiro atoms. The van der Waals surface area contributed by atoms with Gasteiger partial charge in [0.1, 0.15) is 0 Å². The number of rotatable bonds is 6. The summed E-state index contributed by atoms with van der Waals surface area (Å²) in [4.78, 5) is 17.6. The van der Waals surface area contributed by atoms with E-state index < -0.39 is 0 Å². The van der Waals surface area contributed by atoms with Gasteiger partial charge < -0.3 is 9.72 Å². The fraction of sp³-hybridized carbons (Fsp3) is 0.529. The molecule has 2 aromatic rings. The topological polar surface area (TPSA) is 63.1 Å². The zero-order valence-electron chi connectivity index (χ0n) is 13.6. The van der Waals surface area contributed by atoms with Crippen LogP contribution in [-0.2, 0) is 13.1 Å². The summed E-state index contributed by atoms with van der Waals surface area (Å²) in [6.45, 7) is 2.80. The standard InChI is InChI=1S/C17H24N4O2/c1-23-17-12-18-14(11-16(17)22)13-20-8-3-2-5-15(20)6-10-21-9-4-7-19-21/h4,7,9,11-12,15H,2-3,5-6,8,10,13H2,1H3,(H,18,22). The van der Waals surface area contributed by atoms with Gasteiger partial charge in [0.15, 0.2) is 5.75 Å². The molecule has 2 aromatic heterocycles. The van der Waals surface area contributed by atoms with Crippen LogP contribution in [0.3, 0.4) is 0 Å². The molecule has 0 amide bonds. The van der Waals surface area contributed by atoms with Crippen molar-refractivity contribution in [2.24, 2.45) is 0 Å². The van der Waals surface area contributed by atoms with E-state index in [9.17, 15) is 4.79 Å².